The van der Waals surface area contributed by atoms with Crippen LogP contribution in [0.25, 0.3) is 22.3 Å². The fraction of sp³-hybridized carbons (Fsp3) is 0.463. The number of imidazole rings is 2. The molecule has 8 rings (SSSR count). The minimum absolute atomic E-state index is 0.107. The van der Waals surface area contributed by atoms with Gasteiger partial charge in [0.05, 0.1) is 49.2 Å². The van der Waals surface area contributed by atoms with Gasteiger partial charge >= 0.3 is 12.2 Å². The Hall–Kier alpha value is -5.84. The highest BCUT2D eigenvalue weighted by Crippen LogP contribution is 2.59. The molecule has 4 aromatic rings. The van der Waals surface area contributed by atoms with Crippen molar-refractivity contribution < 1.29 is 28.7 Å². The number of amides is 4. The monoisotopic (exact) mass is 746 g/mol. The van der Waals surface area contributed by atoms with E-state index in [9.17, 15) is 19.2 Å². The minimum Gasteiger partial charge on any atom is -0.453 e. The predicted molar refractivity (Wildman–Crippen MR) is 202 cm³/mol. The zero-order valence-electron chi connectivity index (χ0n) is 31.5. The minimum atomic E-state index is -0.690. The highest BCUT2D eigenvalue weighted by molar-refractivity contribution is 5.87. The first-order valence-corrected chi connectivity index (χ1v) is 18.9. The Morgan fingerprint density at radius 1 is 0.855 bits per heavy atom. The van der Waals surface area contributed by atoms with Gasteiger partial charge in [0.25, 0.3) is 0 Å². The highest BCUT2D eigenvalue weighted by Gasteiger charge is 2.56. The number of carbonyl (C=O) groups is 4. The second-order valence-electron chi connectivity index (χ2n) is 16.0. The Bertz CT molecular complexity index is 2210. The van der Waals surface area contributed by atoms with Crippen LogP contribution in [0.15, 0.2) is 48.7 Å². The molecule has 4 N–H and O–H groups in total. The van der Waals surface area contributed by atoms with Crippen LogP contribution in [0, 0.1) is 28.6 Å². The zero-order valence-corrected chi connectivity index (χ0v) is 31.5. The smallest absolute Gasteiger partial charge is 0.407 e. The van der Waals surface area contributed by atoms with Gasteiger partial charge in [0.15, 0.2) is 0 Å². The second kappa shape index (κ2) is 14.1. The molecule has 4 aliphatic rings. The van der Waals surface area contributed by atoms with Gasteiger partial charge in [0.2, 0.25) is 11.8 Å². The number of fused-ring (bicyclic) bond motifs is 1. The first-order chi connectivity index (χ1) is 26.5. The van der Waals surface area contributed by atoms with Gasteiger partial charge in [-0.25, -0.2) is 19.6 Å². The topological polar surface area (TPSA) is 175 Å². The molecule has 55 heavy (non-hydrogen) atoms. The maximum atomic E-state index is 13.8. The molecule has 2 aliphatic carbocycles. The van der Waals surface area contributed by atoms with Gasteiger partial charge in [-0.05, 0) is 91.2 Å². The molecule has 2 aromatic carbocycles. The molecular weight excluding hydrogens is 701 g/mol. The summed E-state index contributed by atoms with van der Waals surface area (Å²) in [6.07, 6.45) is 6.57. The number of carbonyl (C=O) groups excluding carboxylic acids is 4. The maximum absolute atomic E-state index is 13.8. The molecule has 4 fully saturated rings. The fourth-order valence-corrected chi connectivity index (χ4v) is 8.17. The van der Waals surface area contributed by atoms with Crippen molar-refractivity contribution in [1.82, 2.24) is 40.4 Å². The normalized spacial score (nSPS) is 20.7. The van der Waals surface area contributed by atoms with Crippen molar-refractivity contribution in [3.05, 3.63) is 71.4 Å². The van der Waals surface area contributed by atoms with Crippen LogP contribution in [0.3, 0.4) is 0 Å². The summed E-state index contributed by atoms with van der Waals surface area (Å²) in [4.78, 5) is 70.8. The summed E-state index contributed by atoms with van der Waals surface area (Å²) in [6, 6.07) is 12.7. The van der Waals surface area contributed by atoms with E-state index in [1.807, 2.05) is 72.3 Å². The van der Waals surface area contributed by atoms with Crippen molar-refractivity contribution in [1.29, 1.82) is 0 Å². The van der Waals surface area contributed by atoms with E-state index in [4.69, 9.17) is 14.7 Å². The van der Waals surface area contributed by atoms with Gasteiger partial charge in [-0.15, -0.1) is 0 Å². The molecule has 2 spiro atoms. The van der Waals surface area contributed by atoms with Crippen LogP contribution in [0.1, 0.15) is 87.2 Å². The third-order valence-electron chi connectivity index (χ3n) is 11.8. The molecule has 4 heterocycles. The zero-order chi connectivity index (χ0) is 38.5. The summed E-state index contributed by atoms with van der Waals surface area (Å²) >= 11 is 0. The van der Waals surface area contributed by atoms with Crippen LogP contribution < -0.4 is 10.6 Å². The molecule has 0 unspecified atom stereocenters. The predicted octanol–water partition coefficient (Wildman–Crippen LogP) is 5.20. The standard InChI is InChI=1S/C41H46N8O6/c1-24(2)34(47-39(53)55-4)37(51)49-23-41(15-16-41)18-31(49)35-42-20-30(46-35)27-10-7-25(8-11-27)5-6-26-9-12-28-29(17-26)45-36(44-28)32-19-40(13-14-40)22-48(32)33(50)21-43-38(52)54-3/h7-12,17,20,24,31-32,34H,13-16,18-19,21-23H2,1-4H3,(H,42,46)(H,43,52)(H,44,45)(H,47,53)/t31-,32-,34-/m0/s1. The van der Waals surface area contributed by atoms with Crippen molar-refractivity contribution in [3.63, 3.8) is 0 Å². The molecule has 2 aliphatic heterocycles. The molecule has 2 aromatic heterocycles. The average Bonchev–Trinajstić information content (AvgIpc) is 3.80. The summed E-state index contributed by atoms with van der Waals surface area (Å²) < 4.78 is 9.42. The number of benzene rings is 2. The largest absolute Gasteiger partial charge is 0.453 e. The molecule has 0 bridgehead atoms. The molecule has 3 atom stereocenters. The van der Waals surface area contributed by atoms with Gasteiger partial charge in [-0.3, -0.25) is 9.59 Å². The van der Waals surface area contributed by atoms with Crippen LogP contribution in [0.4, 0.5) is 9.59 Å². The summed E-state index contributed by atoms with van der Waals surface area (Å²) in [6.45, 7) is 5.02. The number of likely N-dealkylation sites (tertiary alicyclic amines) is 2. The molecule has 2 saturated carbocycles. The van der Waals surface area contributed by atoms with Gasteiger partial charge < -0.3 is 39.9 Å². The van der Waals surface area contributed by atoms with Crippen LogP contribution in [-0.4, -0.2) is 93.6 Å². The third kappa shape index (κ3) is 7.35. The van der Waals surface area contributed by atoms with Crippen molar-refractivity contribution in [2.75, 3.05) is 33.9 Å². The number of alkyl carbamates (subject to hydrolysis) is 2. The Morgan fingerprint density at radius 2 is 1.49 bits per heavy atom. The van der Waals surface area contributed by atoms with E-state index < -0.39 is 18.2 Å². The van der Waals surface area contributed by atoms with E-state index in [0.717, 1.165) is 83.6 Å². The van der Waals surface area contributed by atoms with Gasteiger partial charge in [-0.1, -0.05) is 37.8 Å². The number of rotatable bonds is 8. The number of hydrogen-bond donors (Lipinski definition) is 4. The van der Waals surface area contributed by atoms with Crippen molar-refractivity contribution >= 4 is 35.0 Å². The number of H-pyrrole nitrogens is 2. The fourth-order valence-electron chi connectivity index (χ4n) is 8.17. The lowest BCUT2D eigenvalue weighted by atomic mass is 10.0. The highest BCUT2D eigenvalue weighted by atomic mass is 16.5. The number of nitrogens with one attached hydrogen (secondary N) is 4. The molecule has 14 heteroatoms. The molecular formula is C41H46N8O6. The average molecular weight is 747 g/mol. The second-order valence-corrected chi connectivity index (χ2v) is 16.0. The Kier molecular flexibility index (Phi) is 9.27. The number of hydrogen-bond acceptors (Lipinski definition) is 8. The first kappa shape index (κ1) is 36.2. The van der Waals surface area contributed by atoms with E-state index >= 15 is 0 Å². The van der Waals surface area contributed by atoms with E-state index in [1.165, 1.54) is 14.2 Å². The molecule has 4 amide bonds. The van der Waals surface area contributed by atoms with Gasteiger partial charge in [-0.2, -0.15) is 0 Å². The Labute approximate surface area is 319 Å². The lowest BCUT2D eigenvalue weighted by Crippen LogP contribution is -2.51. The van der Waals surface area contributed by atoms with Crippen LogP contribution in [0.2, 0.25) is 0 Å². The summed E-state index contributed by atoms with van der Waals surface area (Å²) in [7, 11) is 2.57. The summed E-state index contributed by atoms with van der Waals surface area (Å²) in [5.74, 6) is 7.63. The number of nitrogens with zero attached hydrogens (tertiary/aromatic N) is 4. The lowest BCUT2D eigenvalue weighted by Gasteiger charge is -2.30. The van der Waals surface area contributed by atoms with Crippen LogP contribution >= 0.6 is 0 Å². The van der Waals surface area contributed by atoms with Crippen molar-refractivity contribution in [2.24, 2.45) is 16.7 Å². The Balaban J connectivity index is 0.947. The Morgan fingerprint density at radius 3 is 2.15 bits per heavy atom. The van der Waals surface area contributed by atoms with Crippen molar-refractivity contribution in [2.45, 2.75) is 70.5 Å². The van der Waals surface area contributed by atoms with E-state index in [-0.39, 0.29) is 47.2 Å². The number of aromatic nitrogens is 4. The molecule has 2 saturated heterocycles. The third-order valence-corrected chi connectivity index (χ3v) is 11.8. The van der Waals surface area contributed by atoms with E-state index in [0.29, 0.717) is 13.1 Å². The number of aromatic amines is 2. The number of methoxy groups -OCH3 is 2. The quantitative estimate of drug-likeness (QED) is 0.178. The van der Waals surface area contributed by atoms with Crippen molar-refractivity contribution in [3.8, 4) is 23.1 Å². The molecule has 14 nitrogen and oxygen atoms in total. The lowest BCUT2D eigenvalue weighted by molar-refractivity contribution is -0.135. The van der Waals surface area contributed by atoms with Crippen LogP contribution in [-0.2, 0) is 19.1 Å². The molecule has 286 valence electrons. The SMILES string of the molecule is COC(=O)NCC(=O)N1CC2(CC2)C[C@H]1c1nc2ccc(C#Cc3ccc(-c4cnc([C@@H]5CC6(CC6)CN5C(=O)[C@@H](NC(=O)OC)C(C)C)[nH]4)cc3)cc2[nH]1. The van der Waals surface area contributed by atoms with E-state index in [2.05, 4.69) is 37.2 Å². The van der Waals surface area contributed by atoms with Gasteiger partial charge in [0.1, 0.15) is 24.2 Å². The maximum Gasteiger partial charge on any atom is 0.407 e. The number of ether oxygens (including phenoxy) is 2. The summed E-state index contributed by atoms with van der Waals surface area (Å²) in [5, 5.41) is 5.24. The molecule has 0 radical (unpaired) electrons. The van der Waals surface area contributed by atoms with Crippen LogP contribution in [0.5, 0.6) is 0 Å². The van der Waals surface area contributed by atoms with E-state index in [1.54, 1.807) is 0 Å². The van der Waals surface area contributed by atoms with Gasteiger partial charge in [0, 0.05) is 24.2 Å². The first-order valence-electron chi connectivity index (χ1n) is 18.9. The summed E-state index contributed by atoms with van der Waals surface area (Å²) in [5.41, 5.74) is 5.38.